The number of hydrogen-bond acceptors (Lipinski definition) is 6. The number of fused-ring (bicyclic) bond motifs is 5. The third-order valence-corrected chi connectivity index (χ3v) is 11.8. The Labute approximate surface area is 261 Å². The summed E-state index contributed by atoms with van der Waals surface area (Å²) in [6.07, 6.45) is 2.63. The first kappa shape index (κ1) is 32.1. The van der Waals surface area contributed by atoms with Crippen molar-refractivity contribution in [3.63, 3.8) is 0 Å². The molecule has 3 amide bonds. The van der Waals surface area contributed by atoms with E-state index >= 15 is 8.78 Å². The summed E-state index contributed by atoms with van der Waals surface area (Å²) >= 11 is 0. The fraction of sp³-hybridized carbons (Fsp3) is 0.879. The summed E-state index contributed by atoms with van der Waals surface area (Å²) < 4.78 is 38.7. The summed E-state index contributed by atoms with van der Waals surface area (Å²) in [5, 5.41) is 10.7. The molecule has 3 N–H and O–H groups in total. The van der Waals surface area contributed by atoms with Crippen LogP contribution in [0, 0.1) is 23.7 Å². The first-order valence-corrected chi connectivity index (χ1v) is 17.3. The molecule has 13 atom stereocenters. The van der Waals surface area contributed by atoms with Crippen molar-refractivity contribution in [1.29, 1.82) is 0 Å². The van der Waals surface area contributed by atoms with Gasteiger partial charge in [0.1, 0.15) is 12.3 Å². The number of rotatable bonds is 3. The van der Waals surface area contributed by atoms with Gasteiger partial charge in [0.2, 0.25) is 5.91 Å². The normalized spacial score (nSPS) is 45.3. The summed E-state index contributed by atoms with van der Waals surface area (Å²) in [5.41, 5.74) is 0. The van der Waals surface area contributed by atoms with Crippen molar-refractivity contribution in [3.8, 4) is 0 Å². The minimum atomic E-state index is -1.27. The van der Waals surface area contributed by atoms with Crippen LogP contribution in [-0.4, -0.2) is 114 Å². The van der Waals surface area contributed by atoms with E-state index < -0.39 is 36.6 Å². The van der Waals surface area contributed by atoms with E-state index in [0.717, 1.165) is 38.6 Å². The minimum absolute atomic E-state index is 0.0483. The number of urea groups is 1. The molecule has 2 bridgehead atoms. The Morgan fingerprint density at radius 2 is 1.84 bits per heavy atom. The molecule has 44 heavy (non-hydrogen) atoms. The highest BCUT2D eigenvalue weighted by Gasteiger charge is 2.57. The van der Waals surface area contributed by atoms with Crippen molar-refractivity contribution < 1.29 is 23.1 Å². The van der Waals surface area contributed by atoms with E-state index in [9.17, 15) is 9.59 Å². The maximum absolute atomic E-state index is 16.6. The van der Waals surface area contributed by atoms with Crippen LogP contribution in [-0.2, 0) is 9.53 Å². The Morgan fingerprint density at radius 1 is 1.05 bits per heavy atom. The highest BCUT2D eigenvalue weighted by molar-refractivity contribution is 5.87. The van der Waals surface area contributed by atoms with E-state index in [1.165, 1.54) is 6.08 Å². The number of ether oxygens (including phenoxy) is 1. The lowest BCUT2D eigenvalue weighted by Gasteiger charge is -2.60. The van der Waals surface area contributed by atoms with Gasteiger partial charge < -0.3 is 25.2 Å². The maximum atomic E-state index is 16.6. The zero-order valence-electron chi connectivity index (χ0n) is 27.0. The molecule has 9 nitrogen and oxygen atoms in total. The number of hydrogen-bond donors (Lipinski definition) is 3. The molecule has 0 aromatic heterocycles. The Morgan fingerprint density at radius 3 is 2.59 bits per heavy atom. The number of carbonyl (C=O) groups is 2. The number of halogens is 2. The second-order valence-corrected chi connectivity index (χ2v) is 14.8. The molecule has 11 heteroatoms. The van der Waals surface area contributed by atoms with Crippen LogP contribution in [0.1, 0.15) is 72.6 Å². The van der Waals surface area contributed by atoms with Crippen molar-refractivity contribution in [1.82, 2.24) is 30.7 Å². The van der Waals surface area contributed by atoms with Gasteiger partial charge in [-0.15, -0.1) is 0 Å². The first-order chi connectivity index (χ1) is 21.1. The van der Waals surface area contributed by atoms with Crippen molar-refractivity contribution in [2.45, 2.75) is 134 Å². The highest BCUT2D eigenvalue weighted by Crippen LogP contribution is 2.43. The van der Waals surface area contributed by atoms with Gasteiger partial charge in [-0.3, -0.25) is 15.0 Å². The number of amides is 3. The number of nitrogens with zero attached hydrogens (tertiary/aromatic N) is 3. The van der Waals surface area contributed by atoms with E-state index in [-0.39, 0.29) is 60.5 Å². The molecule has 5 aliphatic heterocycles. The van der Waals surface area contributed by atoms with Gasteiger partial charge in [0.15, 0.2) is 0 Å². The second-order valence-electron chi connectivity index (χ2n) is 14.8. The maximum Gasteiger partial charge on any atom is 0.320 e. The molecule has 5 saturated heterocycles. The molecule has 11 unspecified atom stereocenters. The van der Waals surface area contributed by atoms with Crippen LogP contribution in [0.3, 0.4) is 0 Å². The SMILES string of the molecule is C=CC(=O)N1C[C@H](C)N(C2NC(=O)N3C4NC(C(F)CC42)C2C(F)CCCC2OCCCC2CCNC(C(C)C)C23)C[C@H]1C. The zero-order chi connectivity index (χ0) is 31.3. The van der Waals surface area contributed by atoms with Gasteiger partial charge in [-0.25, -0.2) is 13.6 Å². The Bertz CT molecular complexity index is 1070. The lowest BCUT2D eigenvalue weighted by Crippen LogP contribution is -2.80. The molecule has 6 fully saturated rings. The smallest absolute Gasteiger partial charge is 0.320 e. The second kappa shape index (κ2) is 13.1. The van der Waals surface area contributed by atoms with Crippen LogP contribution < -0.4 is 16.0 Å². The predicted molar refractivity (Wildman–Crippen MR) is 165 cm³/mol. The predicted octanol–water partition coefficient (Wildman–Crippen LogP) is 3.41. The highest BCUT2D eigenvalue weighted by atomic mass is 19.1. The summed E-state index contributed by atoms with van der Waals surface area (Å²) in [5.74, 6) is -0.374. The molecule has 6 aliphatic rings. The Kier molecular flexibility index (Phi) is 9.58. The van der Waals surface area contributed by atoms with Crippen LogP contribution in [0.15, 0.2) is 12.7 Å². The molecule has 0 aromatic rings. The van der Waals surface area contributed by atoms with Gasteiger partial charge in [0.25, 0.3) is 0 Å². The van der Waals surface area contributed by atoms with E-state index in [0.29, 0.717) is 32.0 Å². The number of nitrogens with one attached hydrogen (secondary N) is 3. The van der Waals surface area contributed by atoms with Crippen molar-refractivity contribution in [2.24, 2.45) is 23.7 Å². The van der Waals surface area contributed by atoms with Crippen molar-refractivity contribution in [3.05, 3.63) is 12.7 Å². The van der Waals surface area contributed by atoms with Crippen molar-refractivity contribution >= 4 is 11.9 Å². The Balaban J connectivity index is 1.38. The first-order valence-electron chi connectivity index (χ1n) is 17.3. The fourth-order valence-electron chi connectivity index (χ4n) is 9.68. The lowest BCUT2D eigenvalue weighted by molar-refractivity contribution is -0.139. The molecule has 0 radical (unpaired) electrons. The summed E-state index contributed by atoms with van der Waals surface area (Å²) in [6.45, 7) is 14.6. The third kappa shape index (κ3) is 5.79. The lowest BCUT2D eigenvalue weighted by atomic mass is 9.72. The van der Waals surface area contributed by atoms with Gasteiger partial charge in [-0.1, -0.05) is 20.4 Å². The van der Waals surface area contributed by atoms with E-state index in [1.54, 1.807) is 0 Å². The number of carbonyl (C=O) groups excluding carboxylic acids is 2. The Hall–Kier alpha value is -1.82. The molecular weight excluding hydrogens is 566 g/mol. The van der Waals surface area contributed by atoms with Crippen LogP contribution in [0.25, 0.3) is 0 Å². The van der Waals surface area contributed by atoms with Crippen LogP contribution >= 0.6 is 0 Å². The van der Waals surface area contributed by atoms with Crippen LogP contribution in [0.2, 0.25) is 0 Å². The molecule has 5 heterocycles. The number of piperazine rings is 1. The van der Waals surface area contributed by atoms with Gasteiger partial charge in [-0.2, -0.15) is 0 Å². The molecule has 0 aromatic carbocycles. The van der Waals surface area contributed by atoms with E-state index in [2.05, 4.69) is 48.2 Å². The quantitative estimate of drug-likeness (QED) is 0.420. The van der Waals surface area contributed by atoms with E-state index in [4.69, 9.17) is 4.74 Å². The molecule has 6 rings (SSSR count). The average Bonchev–Trinajstić information content (AvgIpc) is 2.99. The molecule has 1 aliphatic carbocycles. The van der Waals surface area contributed by atoms with Crippen LogP contribution in [0.5, 0.6) is 0 Å². The summed E-state index contributed by atoms with van der Waals surface area (Å²) in [4.78, 5) is 33.1. The van der Waals surface area contributed by atoms with Crippen molar-refractivity contribution in [2.75, 3.05) is 26.2 Å². The standard InChI is InChI=1S/C33H54F2N6O3/c1-6-26(42)39-16-20(5)40(17-19(39)4)31-22-15-24(35)29-27-23(34)10-7-11-25(27)44-14-8-9-21-12-13-36-28(18(2)3)30(21)41(32(22)37-29)33(43)38-31/h6,18-25,27-32,36-37H,1,7-17H2,2-5H3,(H,38,43)/t19-,20+,21?,22?,23?,24?,25?,27?,28?,29?,30?,31?,32?/m1/s1. The number of piperidine rings is 2. The minimum Gasteiger partial charge on any atom is -0.378 e. The molecular formula is C33H54F2N6O3. The summed E-state index contributed by atoms with van der Waals surface area (Å²) in [7, 11) is 0. The van der Waals surface area contributed by atoms with E-state index in [1.807, 2.05) is 16.7 Å². The van der Waals surface area contributed by atoms with Gasteiger partial charge in [0, 0.05) is 55.7 Å². The average molecular weight is 621 g/mol. The molecule has 248 valence electrons. The molecule has 1 saturated carbocycles. The van der Waals surface area contributed by atoms with Crippen LogP contribution in [0.4, 0.5) is 13.6 Å². The zero-order valence-corrected chi connectivity index (χ0v) is 27.0. The fourth-order valence-corrected chi connectivity index (χ4v) is 9.68. The number of alkyl halides is 2. The largest absolute Gasteiger partial charge is 0.378 e. The van der Waals surface area contributed by atoms with Gasteiger partial charge in [0.05, 0.1) is 24.5 Å². The molecule has 0 spiro atoms. The van der Waals surface area contributed by atoms with Gasteiger partial charge in [-0.05, 0) is 83.2 Å². The topological polar surface area (TPSA) is 89.2 Å². The van der Waals surface area contributed by atoms with Gasteiger partial charge >= 0.3 is 6.03 Å². The summed E-state index contributed by atoms with van der Waals surface area (Å²) in [6, 6.07) is -0.990. The monoisotopic (exact) mass is 620 g/mol. The third-order valence-electron chi connectivity index (χ3n) is 11.8.